The van der Waals surface area contributed by atoms with Gasteiger partial charge in [0.05, 0.1) is 5.92 Å². The molecule has 4 nitrogen and oxygen atoms in total. The molecule has 0 spiro atoms. The summed E-state index contributed by atoms with van der Waals surface area (Å²) in [6.07, 6.45) is 4.36. The Bertz CT molecular complexity index is 596. The van der Waals surface area contributed by atoms with Crippen molar-refractivity contribution in [2.45, 2.75) is 19.4 Å². The number of pyridine rings is 1. The van der Waals surface area contributed by atoms with E-state index in [1.54, 1.807) is 17.3 Å². The molecule has 1 aromatic heterocycles. The third kappa shape index (κ3) is 6.11. The lowest BCUT2D eigenvalue weighted by Gasteiger charge is -2.25. The first-order chi connectivity index (χ1) is 10.6. The summed E-state index contributed by atoms with van der Waals surface area (Å²) in [5.74, 6) is -0.171. The largest absolute Gasteiger partial charge is 0.345 e. The predicted octanol–water partition coefficient (Wildman–Crippen LogP) is 3.26. The molecule has 2 N–H and O–H groups in total. The second-order valence-corrected chi connectivity index (χ2v) is 5.59. The fourth-order valence-electron chi connectivity index (χ4n) is 2.42. The molecule has 2 aromatic rings. The Hall–Kier alpha value is -1.62. The van der Waals surface area contributed by atoms with Crippen LogP contribution in [-0.4, -0.2) is 29.4 Å². The first kappa shape index (κ1) is 22.4. The number of rotatable bonds is 6. The number of aromatic nitrogens is 1. The Morgan fingerprint density at radius 1 is 1.12 bits per heavy atom. The van der Waals surface area contributed by atoms with Gasteiger partial charge in [-0.25, -0.2) is 0 Å². The van der Waals surface area contributed by atoms with Crippen molar-refractivity contribution in [1.29, 1.82) is 0 Å². The van der Waals surface area contributed by atoms with Crippen molar-refractivity contribution >= 4 is 30.7 Å². The fourth-order valence-corrected chi connectivity index (χ4v) is 2.42. The monoisotopic (exact) mass is 369 g/mol. The zero-order valence-corrected chi connectivity index (χ0v) is 15.6. The Morgan fingerprint density at radius 3 is 2.29 bits per heavy atom. The van der Waals surface area contributed by atoms with E-state index >= 15 is 0 Å². The van der Waals surface area contributed by atoms with E-state index in [0.717, 1.165) is 12.0 Å². The molecule has 1 amide bonds. The van der Waals surface area contributed by atoms with Gasteiger partial charge in [0, 0.05) is 32.0 Å². The molecule has 0 bridgehead atoms. The third-order valence-corrected chi connectivity index (χ3v) is 3.97. The van der Waals surface area contributed by atoms with E-state index in [9.17, 15) is 4.79 Å². The molecule has 0 fully saturated rings. The standard InChI is InChI=1S/C18H23N3O.2ClH/c1-14(17(19)16-6-4-3-5-7-16)18(22)21(2)13-10-15-8-11-20-12-9-15;;/h3-9,11-12,14,17H,10,13,19H2,1-2H3;2*1H. The highest BCUT2D eigenvalue weighted by molar-refractivity contribution is 5.85. The first-order valence-corrected chi connectivity index (χ1v) is 7.54. The van der Waals surface area contributed by atoms with E-state index in [4.69, 9.17) is 5.73 Å². The van der Waals surface area contributed by atoms with Gasteiger partial charge in [-0.2, -0.15) is 0 Å². The van der Waals surface area contributed by atoms with Crippen LogP contribution >= 0.6 is 24.8 Å². The minimum Gasteiger partial charge on any atom is -0.345 e. The van der Waals surface area contributed by atoms with Crippen LogP contribution in [0.4, 0.5) is 0 Å². The zero-order valence-electron chi connectivity index (χ0n) is 14.0. The lowest BCUT2D eigenvalue weighted by molar-refractivity contribution is -0.134. The number of carbonyl (C=O) groups is 1. The summed E-state index contributed by atoms with van der Waals surface area (Å²) in [5.41, 5.74) is 8.40. The highest BCUT2D eigenvalue weighted by atomic mass is 35.5. The molecule has 24 heavy (non-hydrogen) atoms. The van der Waals surface area contributed by atoms with Gasteiger partial charge in [0.1, 0.15) is 0 Å². The summed E-state index contributed by atoms with van der Waals surface area (Å²) < 4.78 is 0. The Balaban J connectivity index is 0.00000264. The van der Waals surface area contributed by atoms with Crippen LogP contribution in [0.2, 0.25) is 0 Å². The van der Waals surface area contributed by atoms with Crippen LogP contribution in [0.5, 0.6) is 0 Å². The zero-order chi connectivity index (χ0) is 15.9. The molecule has 2 unspecified atom stereocenters. The second-order valence-electron chi connectivity index (χ2n) is 5.59. The summed E-state index contributed by atoms with van der Waals surface area (Å²) >= 11 is 0. The van der Waals surface area contributed by atoms with Gasteiger partial charge in [-0.3, -0.25) is 9.78 Å². The summed E-state index contributed by atoms with van der Waals surface area (Å²) in [5, 5.41) is 0. The molecular weight excluding hydrogens is 345 g/mol. The third-order valence-electron chi connectivity index (χ3n) is 3.97. The number of hydrogen-bond donors (Lipinski definition) is 1. The smallest absolute Gasteiger partial charge is 0.227 e. The number of likely N-dealkylation sites (N-methyl/N-ethyl adjacent to an activating group) is 1. The molecule has 1 aromatic carbocycles. The summed E-state index contributed by atoms with van der Waals surface area (Å²) in [6.45, 7) is 2.57. The Kier molecular flexibility index (Phi) is 10.3. The van der Waals surface area contributed by atoms with Crippen molar-refractivity contribution in [2.75, 3.05) is 13.6 Å². The molecule has 0 saturated heterocycles. The van der Waals surface area contributed by atoms with Crippen LogP contribution in [0.25, 0.3) is 0 Å². The summed E-state index contributed by atoms with van der Waals surface area (Å²) in [4.78, 5) is 18.3. The number of hydrogen-bond acceptors (Lipinski definition) is 3. The minimum atomic E-state index is -0.280. The molecule has 1 heterocycles. The van der Waals surface area contributed by atoms with Gasteiger partial charge < -0.3 is 10.6 Å². The fraction of sp³-hybridized carbons (Fsp3) is 0.333. The van der Waals surface area contributed by atoms with Gasteiger partial charge in [0.2, 0.25) is 5.91 Å². The highest BCUT2D eigenvalue weighted by Gasteiger charge is 2.24. The summed E-state index contributed by atoms with van der Waals surface area (Å²) in [6, 6.07) is 13.4. The highest BCUT2D eigenvalue weighted by Crippen LogP contribution is 2.20. The molecule has 0 aliphatic carbocycles. The molecule has 0 aliphatic rings. The van der Waals surface area contributed by atoms with E-state index in [0.29, 0.717) is 6.54 Å². The normalized spacial score (nSPS) is 12.3. The number of halogens is 2. The van der Waals surface area contributed by atoms with Crippen molar-refractivity contribution in [3.05, 3.63) is 66.0 Å². The van der Waals surface area contributed by atoms with Crippen molar-refractivity contribution in [3.63, 3.8) is 0 Å². The van der Waals surface area contributed by atoms with E-state index < -0.39 is 0 Å². The van der Waals surface area contributed by atoms with Gasteiger partial charge in [-0.1, -0.05) is 37.3 Å². The van der Waals surface area contributed by atoms with Crippen molar-refractivity contribution in [1.82, 2.24) is 9.88 Å². The molecule has 2 atom stereocenters. The van der Waals surface area contributed by atoms with E-state index in [2.05, 4.69) is 4.98 Å². The SMILES string of the molecule is CC(C(=O)N(C)CCc1ccncc1)C(N)c1ccccc1.Cl.Cl. The van der Waals surface area contributed by atoms with Gasteiger partial charge >= 0.3 is 0 Å². The van der Waals surface area contributed by atoms with Crippen LogP contribution in [0.3, 0.4) is 0 Å². The first-order valence-electron chi connectivity index (χ1n) is 7.54. The van der Waals surface area contributed by atoms with Crippen molar-refractivity contribution in [3.8, 4) is 0 Å². The van der Waals surface area contributed by atoms with Crippen LogP contribution in [-0.2, 0) is 11.2 Å². The van der Waals surface area contributed by atoms with Crippen LogP contribution in [0, 0.1) is 5.92 Å². The number of amides is 1. The topological polar surface area (TPSA) is 59.2 Å². The average Bonchev–Trinajstić information content (AvgIpc) is 2.59. The van der Waals surface area contributed by atoms with Crippen molar-refractivity contribution in [2.24, 2.45) is 11.7 Å². The van der Waals surface area contributed by atoms with Gasteiger partial charge in [-0.05, 0) is 29.7 Å². The van der Waals surface area contributed by atoms with Gasteiger partial charge in [-0.15, -0.1) is 24.8 Å². The summed E-state index contributed by atoms with van der Waals surface area (Å²) in [7, 11) is 1.83. The van der Waals surface area contributed by atoms with E-state index in [1.807, 2.05) is 56.4 Å². The van der Waals surface area contributed by atoms with Gasteiger partial charge in [0.15, 0.2) is 0 Å². The average molecular weight is 370 g/mol. The molecule has 6 heteroatoms. The molecule has 2 rings (SSSR count). The molecule has 0 radical (unpaired) electrons. The quantitative estimate of drug-likeness (QED) is 0.849. The van der Waals surface area contributed by atoms with Gasteiger partial charge in [0.25, 0.3) is 0 Å². The van der Waals surface area contributed by atoms with Crippen LogP contribution < -0.4 is 5.73 Å². The minimum absolute atomic E-state index is 0. The maximum absolute atomic E-state index is 12.5. The van der Waals surface area contributed by atoms with Crippen LogP contribution in [0.15, 0.2) is 54.9 Å². The maximum Gasteiger partial charge on any atom is 0.227 e. The van der Waals surface area contributed by atoms with E-state index in [1.165, 1.54) is 5.56 Å². The molecule has 0 aliphatic heterocycles. The number of benzene rings is 1. The molecule has 132 valence electrons. The molecule has 0 saturated carbocycles. The van der Waals surface area contributed by atoms with Crippen molar-refractivity contribution < 1.29 is 4.79 Å². The molecular formula is C18H25Cl2N3O. The maximum atomic E-state index is 12.5. The lowest BCUT2D eigenvalue weighted by Crippen LogP contribution is -2.38. The number of carbonyl (C=O) groups excluding carboxylic acids is 1. The Morgan fingerprint density at radius 2 is 1.71 bits per heavy atom. The number of nitrogens with zero attached hydrogens (tertiary/aromatic N) is 2. The second kappa shape index (κ2) is 11.0. The van der Waals surface area contributed by atoms with Crippen LogP contribution in [0.1, 0.15) is 24.1 Å². The predicted molar refractivity (Wildman–Crippen MR) is 103 cm³/mol. The van der Waals surface area contributed by atoms with E-state index in [-0.39, 0.29) is 42.7 Å². The number of nitrogens with two attached hydrogens (primary N) is 1. The Labute approximate surface area is 156 Å². The lowest BCUT2D eigenvalue weighted by atomic mass is 9.94.